The van der Waals surface area contributed by atoms with E-state index in [0.29, 0.717) is 11.1 Å². The Bertz CT molecular complexity index is 2200. The van der Waals surface area contributed by atoms with Gasteiger partial charge in [-0.05, 0) is 83.9 Å². The lowest BCUT2D eigenvalue weighted by Gasteiger charge is -2.12. The predicted octanol–water partition coefficient (Wildman–Crippen LogP) is 3.40. The van der Waals surface area contributed by atoms with Crippen molar-refractivity contribution in [3.8, 4) is 22.6 Å². The maximum atomic E-state index is 12.6. The first kappa shape index (κ1) is 38.9. The number of nitrogens with zero attached hydrogens (tertiary/aromatic N) is 8. The monoisotopic (exact) mass is 774 g/mol. The van der Waals surface area contributed by atoms with E-state index >= 15 is 0 Å². The van der Waals surface area contributed by atoms with Gasteiger partial charge in [-0.2, -0.15) is 20.4 Å². The predicted molar refractivity (Wildman–Crippen MR) is 212 cm³/mol. The van der Waals surface area contributed by atoms with Crippen LogP contribution in [0.4, 0.5) is 0 Å². The van der Waals surface area contributed by atoms with Crippen LogP contribution < -0.4 is 21.7 Å². The van der Waals surface area contributed by atoms with Crippen LogP contribution in [0.2, 0.25) is 0 Å². The fourth-order valence-electron chi connectivity index (χ4n) is 4.95. The minimum atomic E-state index is -0.608. The fraction of sp³-hybridized carbons (Fsp3) is 0. The maximum Gasteiger partial charge on any atom is 0.289 e. The number of pyridine rings is 4. The minimum absolute atomic E-state index is 0.0973. The smallest absolute Gasteiger partial charge is 0.289 e. The average molecular weight is 775 g/mol. The van der Waals surface area contributed by atoms with Crippen LogP contribution >= 0.6 is 0 Å². The van der Waals surface area contributed by atoms with Gasteiger partial charge in [0.1, 0.15) is 34.3 Å². The second-order valence-corrected chi connectivity index (χ2v) is 11.7. The number of phenolic OH excluding ortho intramolecular Hbond substituents is 2. The molecule has 0 atom stereocenters. The zero-order valence-corrected chi connectivity index (χ0v) is 30.0. The molecule has 286 valence electrons. The number of aromatic hydroxyl groups is 2. The van der Waals surface area contributed by atoms with Gasteiger partial charge in [-0.1, -0.05) is 24.3 Å². The van der Waals surface area contributed by atoms with Crippen LogP contribution in [0, 0.1) is 0 Å². The molecule has 6 N–H and O–H groups in total. The van der Waals surface area contributed by atoms with Crippen LogP contribution in [0.25, 0.3) is 11.1 Å². The molecular weight excluding hydrogens is 745 g/mol. The Hall–Kier alpha value is -8.80. The van der Waals surface area contributed by atoms with Gasteiger partial charge < -0.3 is 10.2 Å². The molecule has 4 amide bonds. The summed E-state index contributed by atoms with van der Waals surface area (Å²) in [5.74, 6) is -3.09. The molecule has 4 heterocycles. The molecule has 0 aliphatic heterocycles. The van der Waals surface area contributed by atoms with Crippen molar-refractivity contribution >= 4 is 48.5 Å². The molecule has 2 aromatic carbocycles. The Morgan fingerprint density at radius 3 is 0.862 bits per heavy atom. The quantitative estimate of drug-likeness (QED) is 0.0736. The van der Waals surface area contributed by atoms with E-state index in [-0.39, 0.29) is 56.5 Å². The maximum absolute atomic E-state index is 12.6. The van der Waals surface area contributed by atoms with Gasteiger partial charge >= 0.3 is 0 Å². The molecule has 0 aliphatic rings. The summed E-state index contributed by atoms with van der Waals surface area (Å²) in [5.41, 5.74) is 11.0. The summed E-state index contributed by atoms with van der Waals surface area (Å²) in [6, 6.07) is 25.2. The number of benzene rings is 2. The molecule has 18 nitrogen and oxygen atoms in total. The Morgan fingerprint density at radius 1 is 0.414 bits per heavy atom. The van der Waals surface area contributed by atoms with E-state index in [1.165, 1.54) is 98.2 Å². The Labute approximate surface area is 328 Å². The minimum Gasteiger partial charge on any atom is -0.507 e. The van der Waals surface area contributed by atoms with Gasteiger partial charge in [0.15, 0.2) is 0 Å². The number of carbonyl (C=O) groups excluding carboxylic acids is 4. The van der Waals surface area contributed by atoms with E-state index < -0.39 is 23.6 Å². The third-order valence-electron chi connectivity index (χ3n) is 7.74. The topological polar surface area (TPSA) is 258 Å². The standard InChI is InChI=1S/C40H30N12O6/c53-35-27(21-45-49-37(55)31-9-1-5-13-41-31)17-25(18-28(35)22-46-50-38(56)32-10-2-6-14-42-32)26-19-29(23-47-51-39(57)33-11-3-7-15-43-33)36(54)30(20-26)24-48-52-40(58)34-12-4-8-16-44-34/h1-24,53-54H,(H,49,55)(H,50,56)(H,51,57)(H,52,58)/b45-21+,46-22+,47-23+,48-24?. The lowest BCUT2D eigenvalue weighted by molar-refractivity contribution is 0.0942. The molecule has 58 heavy (non-hydrogen) atoms. The summed E-state index contributed by atoms with van der Waals surface area (Å²) in [7, 11) is 0. The SMILES string of the molecule is O=C(NN=Cc1cc(-c2cc(/C=N/NC(=O)c3ccccn3)c(O)c(/C=N/NC(=O)c3ccccn3)c2)cc(/C=N/NC(=O)c2ccccn2)c1O)c1ccccn1. The van der Waals surface area contributed by atoms with Crippen LogP contribution in [0.5, 0.6) is 11.5 Å². The number of hydrogen-bond donors (Lipinski definition) is 6. The molecule has 6 aromatic rings. The Kier molecular flexibility index (Phi) is 12.7. The largest absolute Gasteiger partial charge is 0.507 e. The van der Waals surface area contributed by atoms with Gasteiger partial charge in [0.05, 0.1) is 24.9 Å². The summed E-state index contributed by atoms with van der Waals surface area (Å²) in [6.45, 7) is 0. The highest BCUT2D eigenvalue weighted by Crippen LogP contribution is 2.33. The molecule has 0 bridgehead atoms. The fourth-order valence-corrected chi connectivity index (χ4v) is 4.95. The lowest BCUT2D eigenvalue weighted by atomic mass is 9.95. The van der Waals surface area contributed by atoms with Crippen molar-refractivity contribution in [3.05, 3.63) is 167 Å². The van der Waals surface area contributed by atoms with Gasteiger partial charge in [-0.3, -0.25) is 39.1 Å². The molecular formula is C40H30N12O6. The Balaban J connectivity index is 1.37. The Morgan fingerprint density at radius 2 is 0.655 bits per heavy atom. The second-order valence-electron chi connectivity index (χ2n) is 11.7. The second kappa shape index (κ2) is 19.0. The molecule has 6 rings (SSSR count). The van der Waals surface area contributed by atoms with E-state index in [1.54, 1.807) is 48.5 Å². The van der Waals surface area contributed by atoms with Crippen LogP contribution in [-0.4, -0.2) is 78.6 Å². The van der Waals surface area contributed by atoms with Crippen molar-refractivity contribution in [1.29, 1.82) is 0 Å². The van der Waals surface area contributed by atoms with E-state index in [9.17, 15) is 29.4 Å². The molecule has 0 spiro atoms. The van der Waals surface area contributed by atoms with Gasteiger partial charge in [0.25, 0.3) is 23.6 Å². The number of hydrogen-bond acceptors (Lipinski definition) is 14. The molecule has 0 aliphatic carbocycles. The number of hydrazone groups is 4. The summed E-state index contributed by atoms with van der Waals surface area (Å²) in [4.78, 5) is 66.4. The molecule has 0 fully saturated rings. The van der Waals surface area contributed by atoms with Crippen molar-refractivity contribution in [2.45, 2.75) is 0 Å². The highest BCUT2D eigenvalue weighted by Gasteiger charge is 2.15. The van der Waals surface area contributed by atoms with E-state index in [2.05, 4.69) is 62.0 Å². The van der Waals surface area contributed by atoms with Crippen LogP contribution in [0.1, 0.15) is 64.2 Å². The highest BCUT2D eigenvalue weighted by molar-refractivity contribution is 6.00. The molecule has 0 saturated heterocycles. The summed E-state index contributed by atoms with van der Waals surface area (Å²) >= 11 is 0. The first-order valence-electron chi connectivity index (χ1n) is 17.0. The number of phenols is 2. The zero-order valence-electron chi connectivity index (χ0n) is 30.0. The van der Waals surface area contributed by atoms with Gasteiger partial charge in [0, 0.05) is 47.0 Å². The van der Waals surface area contributed by atoms with Crippen LogP contribution in [-0.2, 0) is 0 Å². The van der Waals surface area contributed by atoms with Gasteiger partial charge in [-0.15, -0.1) is 0 Å². The molecule has 0 unspecified atom stereocenters. The molecule has 0 radical (unpaired) electrons. The van der Waals surface area contributed by atoms with Crippen LogP contribution in [0.15, 0.2) is 142 Å². The van der Waals surface area contributed by atoms with Gasteiger partial charge in [-0.25, -0.2) is 21.7 Å². The first-order chi connectivity index (χ1) is 28.3. The lowest BCUT2D eigenvalue weighted by Crippen LogP contribution is -2.19. The van der Waals surface area contributed by atoms with E-state index in [4.69, 9.17) is 0 Å². The zero-order chi connectivity index (χ0) is 40.7. The van der Waals surface area contributed by atoms with E-state index in [1.807, 2.05) is 0 Å². The number of amides is 4. The third-order valence-corrected chi connectivity index (χ3v) is 7.74. The van der Waals surface area contributed by atoms with Crippen LogP contribution in [0.3, 0.4) is 0 Å². The number of carbonyl (C=O) groups is 4. The number of rotatable bonds is 13. The number of aromatic nitrogens is 4. The normalized spacial score (nSPS) is 11.2. The van der Waals surface area contributed by atoms with Crippen molar-refractivity contribution < 1.29 is 29.4 Å². The van der Waals surface area contributed by atoms with Crippen molar-refractivity contribution in [3.63, 3.8) is 0 Å². The summed E-state index contributed by atoms with van der Waals surface area (Å²) in [5, 5.41) is 38.6. The van der Waals surface area contributed by atoms with Crippen molar-refractivity contribution in [2.24, 2.45) is 20.4 Å². The highest BCUT2D eigenvalue weighted by atomic mass is 16.3. The summed E-state index contributed by atoms with van der Waals surface area (Å²) < 4.78 is 0. The average Bonchev–Trinajstić information content (AvgIpc) is 3.26. The molecule has 4 aromatic heterocycles. The van der Waals surface area contributed by atoms with Gasteiger partial charge in [0.2, 0.25) is 0 Å². The first-order valence-corrected chi connectivity index (χ1v) is 17.0. The summed E-state index contributed by atoms with van der Waals surface area (Å²) in [6.07, 6.45) is 10.6. The van der Waals surface area contributed by atoms with Crippen molar-refractivity contribution in [2.75, 3.05) is 0 Å². The van der Waals surface area contributed by atoms with Crippen molar-refractivity contribution in [1.82, 2.24) is 41.6 Å². The number of nitrogens with one attached hydrogen (secondary N) is 4. The van der Waals surface area contributed by atoms with E-state index in [0.717, 1.165) is 0 Å². The molecule has 0 saturated carbocycles. The third kappa shape index (κ3) is 10.2. The molecule has 18 heteroatoms.